The van der Waals surface area contributed by atoms with E-state index >= 15 is 0 Å². The fourth-order valence-corrected chi connectivity index (χ4v) is 3.77. The highest BCUT2D eigenvalue weighted by Gasteiger charge is 2.15. The second-order valence-electron chi connectivity index (χ2n) is 8.89. The molecule has 0 saturated heterocycles. The molecule has 4 N–H and O–H groups in total. The normalized spacial score (nSPS) is 10.9. The summed E-state index contributed by atoms with van der Waals surface area (Å²) in [6.07, 6.45) is 3.18. The molecule has 0 aliphatic carbocycles. The Morgan fingerprint density at radius 1 is 0.921 bits per heavy atom. The van der Waals surface area contributed by atoms with Crippen LogP contribution in [0.2, 0.25) is 0 Å². The number of aromatic amines is 1. The third-order valence-electron chi connectivity index (χ3n) is 5.59. The lowest BCUT2D eigenvalue weighted by molar-refractivity contribution is -0.114. The Morgan fingerprint density at radius 3 is 2.50 bits per heavy atom. The summed E-state index contributed by atoms with van der Waals surface area (Å²) in [6.45, 7) is 5.50. The average molecular weight is 511 g/mol. The van der Waals surface area contributed by atoms with Crippen molar-refractivity contribution in [1.29, 1.82) is 0 Å². The number of nitrogens with one attached hydrogen (secondary N) is 4. The second-order valence-corrected chi connectivity index (χ2v) is 8.89. The number of nitrogens with zero attached hydrogens (tertiary/aromatic N) is 4. The number of carbonyl (C=O) groups excluding carboxylic acids is 2. The molecule has 3 heterocycles. The molecule has 5 rings (SSSR count). The summed E-state index contributed by atoms with van der Waals surface area (Å²) < 4.78 is 7.54. The molecular formula is C27H26N8O3. The minimum Gasteiger partial charge on any atom is -0.457 e. The number of fused-ring (bicyclic) bond motifs is 1. The number of urea groups is 1. The van der Waals surface area contributed by atoms with Crippen molar-refractivity contribution in [2.45, 2.75) is 26.7 Å². The Balaban J connectivity index is 1.28. The SMILES string of the molecule is CC(=O)Nc1cc(Oc2ccc(NC(=O)Nc3cc(C(C)C)nn3-c3ccc4nc[nH]c4c3)cc2)ccn1. The van der Waals surface area contributed by atoms with Gasteiger partial charge in [0.25, 0.3) is 0 Å². The third-order valence-corrected chi connectivity index (χ3v) is 5.59. The van der Waals surface area contributed by atoms with Gasteiger partial charge in [0.2, 0.25) is 5.91 Å². The predicted molar refractivity (Wildman–Crippen MR) is 145 cm³/mol. The monoisotopic (exact) mass is 510 g/mol. The summed E-state index contributed by atoms with van der Waals surface area (Å²) in [7, 11) is 0. The molecule has 11 nitrogen and oxygen atoms in total. The first-order valence-corrected chi connectivity index (χ1v) is 12.0. The zero-order valence-corrected chi connectivity index (χ0v) is 21.0. The molecule has 0 unspecified atom stereocenters. The average Bonchev–Trinajstić information content (AvgIpc) is 3.52. The molecule has 3 amide bonds. The van der Waals surface area contributed by atoms with Crippen LogP contribution in [0.15, 0.2) is 73.2 Å². The number of pyridine rings is 1. The quantitative estimate of drug-likeness (QED) is 0.223. The van der Waals surface area contributed by atoms with Crippen LogP contribution in [0.25, 0.3) is 16.7 Å². The van der Waals surface area contributed by atoms with Gasteiger partial charge in [-0.05, 0) is 54.4 Å². The first kappa shape index (κ1) is 24.5. The van der Waals surface area contributed by atoms with E-state index in [1.165, 1.54) is 6.92 Å². The summed E-state index contributed by atoms with van der Waals surface area (Å²) >= 11 is 0. The zero-order valence-electron chi connectivity index (χ0n) is 21.0. The molecule has 0 saturated carbocycles. The van der Waals surface area contributed by atoms with Crippen LogP contribution in [-0.4, -0.2) is 36.7 Å². The van der Waals surface area contributed by atoms with Crippen molar-refractivity contribution in [1.82, 2.24) is 24.7 Å². The van der Waals surface area contributed by atoms with Crippen molar-refractivity contribution in [3.05, 3.63) is 78.9 Å². The van der Waals surface area contributed by atoms with E-state index in [2.05, 4.69) is 30.9 Å². The highest BCUT2D eigenvalue weighted by atomic mass is 16.5. The standard InChI is InChI=1S/C27H26N8O3/c1-16(2)23-14-26(35(34-23)19-6-9-22-24(12-19)30-15-29-22)33-27(37)32-18-4-7-20(8-5-18)38-21-10-11-28-25(13-21)31-17(3)36/h4-16H,1-3H3,(H,29,30)(H,28,31,36)(H2,32,33,37). The molecule has 3 aromatic heterocycles. The van der Waals surface area contributed by atoms with Crippen LogP contribution >= 0.6 is 0 Å². The lowest BCUT2D eigenvalue weighted by Crippen LogP contribution is -2.21. The van der Waals surface area contributed by atoms with Gasteiger partial charge >= 0.3 is 6.03 Å². The van der Waals surface area contributed by atoms with E-state index in [-0.39, 0.29) is 11.8 Å². The molecule has 0 spiro atoms. The molecular weight excluding hydrogens is 484 g/mol. The van der Waals surface area contributed by atoms with Gasteiger partial charge < -0.3 is 20.4 Å². The number of rotatable bonds is 7. The number of amides is 3. The first-order chi connectivity index (χ1) is 18.3. The molecule has 0 aliphatic rings. The zero-order chi connectivity index (χ0) is 26.6. The van der Waals surface area contributed by atoms with Crippen LogP contribution in [-0.2, 0) is 4.79 Å². The van der Waals surface area contributed by atoms with Crippen molar-refractivity contribution in [3.63, 3.8) is 0 Å². The Kier molecular flexibility index (Phi) is 6.72. The van der Waals surface area contributed by atoms with E-state index in [1.54, 1.807) is 53.6 Å². The van der Waals surface area contributed by atoms with E-state index in [9.17, 15) is 9.59 Å². The van der Waals surface area contributed by atoms with Crippen LogP contribution < -0.4 is 20.7 Å². The van der Waals surface area contributed by atoms with Crippen molar-refractivity contribution in [2.24, 2.45) is 0 Å². The third kappa shape index (κ3) is 5.62. The summed E-state index contributed by atoms with van der Waals surface area (Å²) in [5.74, 6) is 1.98. The minimum absolute atomic E-state index is 0.179. The number of hydrogen-bond acceptors (Lipinski definition) is 6. The van der Waals surface area contributed by atoms with Gasteiger partial charge in [0.1, 0.15) is 23.1 Å². The summed E-state index contributed by atoms with van der Waals surface area (Å²) in [5.41, 5.74) is 3.95. The summed E-state index contributed by atoms with van der Waals surface area (Å²) in [6, 6.07) is 17.4. The number of H-pyrrole nitrogens is 1. The van der Waals surface area contributed by atoms with Crippen LogP contribution in [0.5, 0.6) is 11.5 Å². The van der Waals surface area contributed by atoms with Gasteiger partial charge in [0.05, 0.1) is 28.7 Å². The van der Waals surface area contributed by atoms with Gasteiger partial charge in [0.15, 0.2) is 0 Å². The molecule has 0 aliphatic heterocycles. The van der Waals surface area contributed by atoms with Crippen LogP contribution in [0.1, 0.15) is 32.4 Å². The van der Waals surface area contributed by atoms with Gasteiger partial charge in [-0.3, -0.25) is 10.1 Å². The van der Waals surface area contributed by atoms with Gasteiger partial charge in [-0.15, -0.1) is 0 Å². The van der Waals surface area contributed by atoms with Gasteiger partial charge in [-0.1, -0.05) is 13.8 Å². The number of carbonyl (C=O) groups is 2. The van der Waals surface area contributed by atoms with E-state index in [0.29, 0.717) is 28.8 Å². The molecule has 0 atom stereocenters. The van der Waals surface area contributed by atoms with Crippen LogP contribution in [0.4, 0.5) is 22.1 Å². The maximum atomic E-state index is 12.9. The number of ether oxygens (including phenoxy) is 1. The first-order valence-electron chi connectivity index (χ1n) is 12.0. The molecule has 192 valence electrons. The van der Waals surface area contributed by atoms with Gasteiger partial charge in [-0.25, -0.2) is 19.4 Å². The van der Waals surface area contributed by atoms with Crippen molar-refractivity contribution in [3.8, 4) is 17.2 Å². The fourth-order valence-electron chi connectivity index (χ4n) is 3.77. The largest absolute Gasteiger partial charge is 0.457 e. The molecule has 2 aromatic carbocycles. The van der Waals surface area contributed by atoms with Crippen molar-refractivity contribution in [2.75, 3.05) is 16.0 Å². The number of hydrogen-bond donors (Lipinski definition) is 4. The van der Waals surface area contributed by atoms with E-state index in [1.807, 2.05) is 38.1 Å². The van der Waals surface area contributed by atoms with Gasteiger partial charge in [-0.2, -0.15) is 5.10 Å². The molecule has 38 heavy (non-hydrogen) atoms. The highest BCUT2D eigenvalue weighted by Crippen LogP contribution is 2.26. The smallest absolute Gasteiger partial charge is 0.324 e. The van der Waals surface area contributed by atoms with Crippen molar-refractivity contribution < 1.29 is 14.3 Å². The van der Waals surface area contributed by atoms with Gasteiger partial charge in [0, 0.05) is 30.9 Å². The summed E-state index contributed by atoms with van der Waals surface area (Å²) in [5, 5.41) is 13.1. The molecule has 0 bridgehead atoms. The van der Waals surface area contributed by atoms with E-state index < -0.39 is 6.03 Å². The Morgan fingerprint density at radius 2 is 1.74 bits per heavy atom. The number of benzene rings is 2. The van der Waals surface area contributed by atoms with E-state index in [4.69, 9.17) is 9.84 Å². The Labute approximate surface area is 218 Å². The number of aromatic nitrogens is 5. The number of imidazole rings is 1. The second kappa shape index (κ2) is 10.4. The summed E-state index contributed by atoms with van der Waals surface area (Å²) in [4.78, 5) is 35.5. The molecule has 0 radical (unpaired) electrons. The number of anilines is 3. The minimum atomic E-state index is -0.410. The maximum absolute atomic E-state index is 12.9. The van der Waals surface area contributed by atoms with E-state index in [0.717, 1.165) is 22.4 Å². The lowest BCUT2D eigenvalue weighted by atomic mass is 10.1. The molecule has 0 fully saturated rings. The predicted octanol–water partition coefficient (Wildman–Crippen LogP) is 5.66. The lowest BCUT2D eigenvalue weighted by Gasteiger charge is -2.11. The topological polar surface area (TPSA) is 139 Å². The Hall–Kier alpha value is -5.19. The fraction of sp³-hybridized carbons (Fsp3) is 0.148. The highest BCUT2D eigenvalue weighted by molar-refractivity contribution is 5.99. The molecule has 11 heteroatoms. The Bertz CT molecular complexity index is 1600. The molecule has 5 aromatic rings. The van der Waals surface area contributed by atoms with Crippen molar-refractivity contribution >= 4 is 40.3 Å². The maximum Gasteiger partial charge on any atom is 0.324 e. The van der Waals surface area contributed by atoms with Crippen LogP contribution in [0, 0.1) is 0 Å². The van der Waals surface area contributed by atoms with Crippen LogP contribution in [0.3, 0.4) is 0 Å².